The average Bonchev–Trinajstić information content (AvgIpc) is 2.94. The van der Waals surface area contributed by atoms with E-state index in [0.29, 0.717) is 0 Å². The van der Waals surface area contributed by atoms with Gasteiger partial charge in [0.05, 0.1) is 12.6 Å². The van der Waals surface area contributed by atoms with Crippen molar-refractivity contribution in [2.75, 3.05) is 13.2 Å². The van der Waals surface area contributed by atoms with E-state index in [1.807, 2.05) is 19.9 Å². The first kappa shape index (κ1) is 16.3. The number of hydrogen-bond donors (Lipinski definition) is 3. The van der Waals surface area contributed by atoms with Gasteiger partial charge in [0.1, 0.15) is 18.5 Å². The SMILES string of the molecule is Cc1ccc(OC[C@@H](O)[C@H](CO)NC(C)C)c2c1CCC2. The van der Waals surface area contributed by atoms with Gasteiger partial charge in [-0.05, 0) is 48.9 Å². The average molecular weight is 293 g/mol. The Balaban J connectivity index is 1.98. The molecule has 1 aromatic rings. The minimum Gasteiger partial charge on any atom is -0.491 e. The first-order valence-corrected chi connectivity index (χ1v) is 7.82. The Morgan fingerprint density at radius 2 is 1.95 bits per heavy atom. The van der Waals surface area contributed by atoms with Gasteiger partial charge in [0.15, 0.2) is 0 Å². The van der Waals surface area contributed by atoms with Crippen molar-refractivity contribution < 1.29 is 14.9 Å². The van der Waals surface area contributed by atoms with E-state index in [-0.39, 0.29) is 25.3 Å². The summed E-state index contributed by atoms with van der Waals surface area (Å²) in [5.41, 5.74) is 4.02. The standard InChI is InChI=1S/C17H27NO3/c1-11(2)18-15(9-19)16(20)10-21-17-8-7-12(3)13-5-4-6-14(13)17/h7-8,11,15-16,18-20H,4-6,9-10H2,1-3H3/t15-,16+/m0/s1. The van der Waals surface area contributed by atoms with E-state index in [9.17, 15) is 10.2 Å². The number of aliphatic hydroxyl groups is 2. The summed E-state index contributed by atoms with van der Waals surface area (Å²) in [5.74, 6) is 0.883. The Morgan fingerprint density at radius 3 is 2.62 bits per heavy atom. The number of hydrogen-bond acceptors (Lipinski definition) is 4. The normalized spacial score (nSPS) is 16.9. The molecule has 1 aliphatic carbocycles. The zero-order valence-corrected chi connectivity index (χ0v) is 13.2. The summed E-state index contributed by atoms with van der Waals surface area (Å²) in [6, 6.07) is 3.93. The minimum absolute atomic E-state index is 0.102. The quantitative estimate of drug-likeness (QED) is 0.714. The molecule has 0 aliphatic heterocycles. The van der Waals surface area contributed by atoms with Crippen molar-refractivity contribution in [3.8, 4) is 5.75 Å². The van der Waals surface area contributed by atoms with Crippen LogP contribution in [0.25, 0.3) is 0 Å². The predicted molar refractivity (Wildman–Crippen MR) is 83.9 cm³/mol. The van der Waals surface area contributed by atoms with Crippen LogP contribution in [-0.4, -0.2) is 41.6 Å². The van der Waals surface area contributed by atoms with E-state index >= 15 is 0 Å². The highest BCUT2D eigenvalue weighted by Gasteiger charge is 2.22. The highest BCUT2D eigenvalue weighted by molar-refractivity contribution is 5.47. The molecule has 118 valence electrons. The Labute approximate surface area is 127 Å². The van der Waals surface area contributed by atoms with Crippen molar-refractivity contribution >= 4 is 0 Å². The summed E-state index contributed by atoms with van der Waals surface area (Å²) in [4.78, 5) is 0. The second-order valence-corrected chi connectivity index (χ2v) is 6.18. The monoisotopic (exact) mass is 293 g/mol. The van der Waals surface area contributed by atoms with Crippen molar-refractivity contribution in [1.82, 2.24) is 5.32 Å². The second-order valence-electron chi connectivity index (χ2n) is 6.18. The number of aliphatic hydroxyl groups excluding tert-OH is 2. The lowest BCUT2D eigenvalue weighted by molar-refractivity contribution is 0.0467. The van der Waals surface area contributed by atoms with Crippen LogP contribution in [0.2, 0.25) is 0 Å². The first-order valence-electron chi connectivity index (χ1n) is 7.82. The molecule has 0 unspecified atom stereocenters. The van der Waals surface area contributed by atoms with Crippen molar-refractivity contribution in [2.24, 2.45) is 0 Å². The van der Waals surface area contributed by atoms with Gasteiger partial charge in [-0.1, -0.05) is 19.9 Å². The molecule has 0 saturated carbocycles. The lowest BCUT2D eigenvalue weighted by Gasteiger charge is -2.25. The molecule has 1 aliphatic rings. The van der Waals surface area contributed by atoms with Crippen LogP contribution >= 0.6 is 0 Å². The van der Waals surface area contributed by atoms with Crippen LogP contribution in [0.3, 0.4) is 0 Å². The maximum Gasteiger partial charge on any atom is 0.122 e. The fraction of sp³-hybridized carbons (Fsp3) is 0.647. The summed E-state index contributed by atoms with van der Waals surface area (Å²) in [5, 5.41) is 22.7. The maximum atomic E-state index is 10.2. The van der Waals surface area contributed by atoms with E-state index in [1.54, 1.807) is 0 Å². The van der Waals surface area contributed by atoms with Gasteiger partial charge in [-0.15, -0.1) is 0 Å². The summed E-state index contributed by atoms with van der Waals surface area (Å²) in [6.45, 7) is 6.21. The van der Waals surface area contributed by atoms with Crippen molar-refractivity contribution in [1.29, 1.82) is 0 Å². The molecule has 21 heavy (non-hydrogen) atoms. The Kier molecular flexibility index (Phi) is 5.62. The summed E-state index contributed by atoms with van der Waals surface area (Å²) in [6.07, 6.45) is 2.62. The van der Waals surface area contributed by atoms with Gasteiger partial charge in [-0.25, -0.2) is 0 Å². The number of benzene rings is 1. The van der Waals surface area contributed by atoms with Gasteiger partial charge in [-0.2, -0.15) is 0 Å². The van der Waals surface area contributed by atoms with Crippen LogP contribution in [0, 0.1) is 6.92 Å². The summed E-state index contributed by atoms with van der Waals surface area (Å²) in [7, 11) is 0. The highest BCUT2D eigenvalue weighted by Crippen LogP contribution is 2.33. The molecular weight excluding hydrogens is 266 g/mol. The molecule has 0 fully saturated rings. The first-order chi connectivity index (χ1) is 10.0. The fourth-order valence-corrected chi connectivity index (χ4v) is 2.99. The molecule has 4 heteroatoms. The summed E-state index contributed by atoms with van der Waals surface area (Å²) < 4.78 is 5.83. The molecule has 0 amide bonds. The molecule has 0 bridgehead atoms. The van der Waals surface area contributed by atoms with Crippen LogP contribution in [0.1, 0.15) is 37.0 Å². The van der Waals surface area contributed by atoms with Crippen LogP contribution < -0.4 is 10.1 Å². The van der Waals surface area contributed by atoms with Gasteiger partial charge in [0, 0.05) is 6.04 Å². The van der Waals surface area contributed by atoms with Gasteiger partial charge in [0.25, 0.3) is 0 Å². The fourth-order valence-electron chi connectivity index (χ4n) is 2.99. The van der Waals surface area contributed by atoms with Crippen LogP contribution in [0.5, 0.6) is 5.75 Å². The third-order valence-electron chi connectivity index (χ3n) is 4.09. The number of fused-ring (bicyclic) bond motifs is 1. The molecule has 2 atom stereocenters. The van der Waals surface area contributed by atoms with Crippen LogP contribution in [0.15, 0.2) is 12.1 Å². The van der Waals surface area contributed by atoms with Gasteiger partial charge >= 0.3 is 0 Å². The van der Waals surface area contributed by atoms with E-state index < -0.39 is 6.10 Å². The molecule has 1 aromatic carbocycles. The van der Waals surface area contributed by atoms with E-state index in [0.717, 1.165) is 18.6 Å². The van der Waals surface area contributed by atoms with E-state index in [1.165, 1.54) is 23.1 Å². The zero-order chi connectivity index (χ0) is 15.4. The Morgan fingerprint density at radius 1 is 1.24 bits per heavy atom. The topological polar surface area (TPSA) is 61.7 Å². The van der Waals surface area contributed by atoms with Crippen molar-refractivity contribution in [3.05, 3.63) is 28.8 Å². The summed E-state index contributed by atoms with van der Waals surface area (Å²) >= 11 is 0. The predicted octanol–water partition coefficient (Wildman–Crippen LogP) is 1.58. The van der Waals surface area contributed by atoms with Crippen LogP contribution in [-0.2, 0) is 12.8 Å². The second kappa shape index (κ2) is 7.25. The van der Waals surface area contributed by atoms with E-state index in [2.05, 4.69) is 18.3 Å². The van der Waals surface area contributed by atoms with Crippen LogP contribution in [0.4, 0.5) is 0 Å². The third-order valence-corrected chi connectivity index (χ3v) is 4.09. The third kappa shape index (κ3) is 3.96. The minimum atomic E-state index is -0.726. The highest BCUT2D eigenvalue weighted by atomic mass is 16.5. The van der Waals surface area contributed by atoms with Gasteiger partial charge in [-0.3, -0.25) is 0 Å². The zero-order valence-electron chi connectivity index (χ0n) is 13.2. The molecule has 4 nitrogen and oxygen atoms in total. The largest absolute Gasteiger partial charge is 0.491 e. The van der Waals surface area contributed by atoms with Gasteiger partial charge < -0.3 is 20.3 Å². The lowest BCUT2D eigenvalue weighted by Crippen LogP contribution is -2.48. The molecule has 2 rings (SSSR count). The van der Waals surface area contributed by atoms with Gasteiger partial charge in [0.2, 0.25) is 0 Å². The molecule has 0 aromatic heterocycles. The smallest absolute Gasteiger partial charge is 0.122 e. The number of nitrogens with one attached hydrogen (secondary N) is 1. The molecule has 3 N–H and O–H groups in total. The Hall–Kier alpha value is -1.10. The van der Waals surface area contributed by atoms with E-state index in [4.69, 9.17) is 4.74 Å². The maximum absolute atomic E-state index is 10.2. The number of rotatable bonds is 7. The molecular formula is C17H27NO3. The lowest BCUT2D eigenvalue weighted by atomic mass is 10.0. The van der Waals surface area contributed by atoms with Crippen molar-refractivity contribution in [3.63, 3.8) is 0 Å². The Bertz CT molecular complexity index is 473. The molecule has 0 saturated heterocycles. The molecule has 0 radical (unpaired) electrons. The molecule has 0 spiro atoms. The van der Waals surface area contributed by atoms with Crippen molar-refractivity contribution in [2.45, 2.75) is 58.2 Å². The number of aryl methyl sites for hydroxylation is 1. The number of ether oxygens (including phenoxy) is 1. The molecule has 0 heterocycles.